The lowest BCUT2D eigenvalue weighted by Gasteiger charge is -1.94. The molecule has 0 aromatic heterocycles. The first kappa shape index (κ1) is 8.69. The number of rotatable bonds is 1. The molecular weight excluding hydrogens is 126 g/mol. The summed E-state index contributed by atoms with van der Waals surface area (Å²) in [5, 5.41) is 3.03. The van der Waals surface area contributed by atoms with Gasteiger partial charge in [-0.25, -0.2) is 0 Å². The van der Waals surface area contributed by atoms with Crippen LogP contribution < -0.4 is 5.32 Å². The maximum Gasteiger partial charge on any atom is 0.106 e. The number of para-hydroxylation sites is 1. The molecule has 0 saturated heterocycles. The number of carbonyl (C=O) groups is 1. The lowest BCUT2D eigenvalue weighted by molar-refractivity contribution is -0.0979. The van der Waals surface area contributed by atoms with Crippen molar-refractivity contribution in [2.45, 2.75) is 0 Å². The minimum absolute atomic E-state index is 1.16. The zero-order valence-electron chi connectivity index (χ0n) is 6.00. The molecule has 2 nitrogen and oxygen atoms in total. The molecule has 0 heterocycles. The molecule has 1 N–H and O–H groups in total. The van der Waals surface area contributed by atoms with E-state index in [-0.39, 0.29) is 0 Å². The molecule has 0 radical (unpaired) electrons. The standard InChI is InChI=1S/C7H9N.CH2O/c1-8-7-5-3-2-4-6-7;1-2/h2-6,8H,1H3;1H2. The Morgan fingerprint density at radius 1 is 1.20 bits per heavy atom. The van der Waals surface area contributed by atoms with Crippen molar-refractivity contribution in [3.05, 3.63) is 30.3 Å². The third-order valence-electron chi connectivity index (χ3n) is 1.06. The van der Waals surface area contributed by atoms with Crippen LogP contribution in [0.2, 0.25) is 0 Å². The predicted octanol–water partition coefficient (Wildman–Crippen LogP) is 1.54. The SMILES string of the molecule is C=O.CNc1ccccc1. The van der Waals surface area contributed by atoms with Crippen molar-refractivity contribution in [3.63, 3.8) is 0 Å². The zero-order valence-corrected chi connectivity index (χ0v) is 6.00. The normalized spacial score (nSPS) is 7.30. The van der Waals surface area contributed by atoms with Crippen molar-refractivity contribution < 1.29 is 4.79 Å². The molecule has 0 bridgehead atoms. The van der Waals surface area contributed by atoms with Crippen molar-refractivity contribution in [1.29, 1.82) is 0 Å². The van der Waals surface area contributed by atoms with E-state index in [0.717, 1.165) is 5.69 Å². The van der Waals surface area contributed by atoms with Gasteiger partial charge in [-0.3, -0.25) is 0 Å². The van der Waals surface area contributed by atoms with E-state index in [0.29, 0.717) is 0 Å². The average Bonchev–Trinajstić information content (AvgIpc) is 2.10. The van der Waals surface area contributed by atoms with E-state index in [9.17, 15) is 0 Å². The van der Waals surface area contributed by atoms with Gasteiger partial charge in [-0.05, 0) is 12.1 Å². The molecule has 1 rings (SSSR count). The van der Waals surface area contributed by atoms with Crippen molar-refractivity contribution in [2.24, 2.45) is 0 Å². The molecule has 0 amide bonds. The topological polar surface area (TPSA) is 29.1 Å². The summed E-state index contributed by atoms with van der Waals surface area (Å²) in [5.41, 5.74) is 1.16. The first-order valence-corrected chi connectivity index (χ1v) is 2.95. The van der Waals surface area contributed by atoms with Crippen LogP contribution in [0.1, 0.15) is 0 Å². The van der Waals surface area contributed by atoms with Gasteiger partial charge in [0.15, 0.2) is 0 Å². The van der Waals surface area contributed by atoms with Crippen LogP contribution >= 0.6 is 0 Å². The van der Waals surface area contributed by atoms with E-state index in [1.165, 1.54) is 0 Å². The first-order chi connectivity index (χ1) is 4.93. The second-order valence-corrected chi connectivity index (χ2v) is 1.62. The Morgan fingerprint density at radius 2 is 1.70 bits per heavy atom. The number of benzene rings is 1. The van der Waals surface area contributed by atoms with Gasteiger partial charge in [-0.1, -0.05) is 18.2 Å². The van der Waals surface area contributed by atoms with Crippen LogP contribution in [-0.4, -0.2) is 13.8 Å². The highest BCUT2D eigenvalue weighted by Crippen LogP contribution is 2.01. The second-order valence-electron chi connectivity index (χ2n) is 1.62. The van der Waals surface area contributed by atoms with Crippen LogP contribution in [0.3, 0.4) is 0 Å². The van der Waals surface area contributed by atoms with Gasteiger partial charge in [0.05, 0.1) is 0 Å². The maximum atomic E-state index is 8.00. The highest BCUT2D eigenvalue weighted by Gasteiger charge is 1.77. The number of hydrogen-bond acceptors (Lipinski definition) is 2. The summed E-state index contributed by atoms with van der Waals surface area (Å²) in [5.74, 6) is 0. The van der Waals surface area contributed by atoms with Gasteiger partial charge < -0.3 is 10.1 Å². The summed E-state index contributed by atoms with van der Waals surface area (Å²) < 4.78 is 0. The number of carbonyl (C=O) groups excluding carboxylic acids is 1. The summed E-state index contributed by atoms with van der Waals surface area (Å²) in [7, 11) is 1.91. The Kier molecular flexibility index (Phi) is 5.06. The van der Waals surface area contributed by atoms with Crippen LogP contribution in [0, 0.1) is 0 Å². The molecule has 0 atom stereocenters. The van der Waals surface area contributed by atoms with Crippen LogP contribution in [0.15, 0.2) is 30.3 Å². The molecule has 0 aliphatic heterocycles. The van der Waals surface area contributed by atoms with Gasteiger partial charge in [0.1, 0.15) is 6.79 Å². The van der Waals surface area contributed by atoms with E-state index >= 15 is 0 Å². The predicted molar refractivity (Wildman–Crippen MR) is 43.1 cm³/mol. The molecule has 1 aromatic carbocycles. The lowest BCUT2D eigenvalue weighted by atomic mass is 10.3. The summed E-state index contributed by atoms with van der Waals surface area (Å²) in [6.45, 7) is 2.00. The quantitative estimate of drug-likeness (QED) is 0.636. The number of nitrogens with one attached hydrogen (secondary N) is 1. The van der Waals surface area contributed by atoms with E-state index in [4.69, 9.17) is 4.79 Å². The van der Waals surface area contributed by atoms with Crippen molar-refractivity contribution in [2.75, 3.05) is 12.4 Å². The summed E-state index contributed by atoms with van der Waals surface area (Å²) in [6, 6.07) is 10.1. The van der Waals surface area contributed by atoms with E-state index < -0.39 is 0 Å². The summed E-state index contributed by atoms with van der Waals surface area (Å²) >= 11 is 0. The van der Waals surface area contributed by atoms with Gasteiger partial charge >= 0.3 is 0 Å². The molecule has 0 aliphatic carbocycles. The monoisotopic (exact) mass is 137 g/mol. The Balaban J connectivity index is 0.000000371. The Hall–Kier alpha value is -1.31. The Labute approximate surface area is 60.9 Å². The van der Waals surface area contributed by atoms with Gasteiger partial charge in [0.2, 0.25) is 0 Å². The molecule has 0 saturated carbocycles. The third-order valence-corrected chi connectivity index (χ3v) is 1.06. The zero-order chi connectivity index (χ0) is 7.82. The molecule has 1 aromatic rings. The molecular formula is C8H11NO. The van der Waals surface area contributed by atoms with Crippen LogP contribution in [-0.2, 0) is 4.79 Å². The van der Waals surface area contributed by atoms with E-state index in [2.05, 4.69) is 5.32 Å². The minimum Gasteiger partial charge on any atom is -0.388 e. The van der Waals surface area contributed by atoms with E-state index in [1.54, 1.807) is 0 Å². The van der Waals surface area contributed by atoms with Gasteiger partial charge in [-0.2, -0.15) is 0 Å². The molecule has 0 aliphatic rings. The van der Waals surface area contributed by atoms with Crippen molar-refractivity contribution >= 4 is 12.5 Å². The fourth-order valence-electron chi connectivity index (χ4n) is 0.605. The Bertz CT molecular complexity index is 162. The maximum absolute atomic E-state index is 8.00. The van der Waals surface area contributed by atoms with Gasteiger partial charge in [0.25, 0.3) is 0 Å². The smallest absolute Gasteiger partial charge is 0.106 e. The number of hydrogen-bond donors (Lipinski definition) is 1. The molecule has 2 heteroatoms. The van der Waals surface area contributed by atoms with E-state index in [1.807, 2.05) is 44.2 Å². The molecule has 10 heavy (non-hydrogen) atoms. The highest BCUT2D eigenvalue weighted by atomic mass is 16.1. The van der Waals surface area contributed by atoms with Crippen LogP contribution in [0.25, 0.3) is 0 Å². The number of anilines is 1. The van der Waals surface area contributed by atoms with Crippen LogP contribution in [0.4, 0.5) is 5.69 Å². The van der Waals surface area contributed by atoms with Crippen molar-refractivity contribution in [1.82, 2.24) is 0 Å². The van der Waals surface area contributed by atoms with Gasteiger partial charge in [0, 0.05) is 12.7 Å². The fourth-order valence-corrected chi connectivity index (χ4v) is 0.605. The second kappa shape index (κ2) is 5.82. The highest BCUT2D eigenvalue weighted by molar-refractivity contribution is 5.41. The lowest BCUT2D eigenvalue weighted by Crippen LogP contribution is -1.84. The molecule has 0 fully saturated rings. The first-order valence-electron chi connectivity index (χ1n) is 2.95. The molecule has 0 spiro atoms. The van der Waals surface area contributed by atoms with Crippen LogP contribution in [0.5, 0.6) is 0 Å². The van der Waals surface area contributed by atoms with Gasteiger partial charge in [-0.15, -0.1) is 0 Å². The summed E-state index contributed by atoms with van der Waals surface area (Å²) in [6.07, 6.45) is 0. The largest absolute Gasteiger partial charge is 0.388 e. The van der Waals surface area contributed by atoms with Crippen molar-refractivity contribution in [3.8, 4) is 0 Å². The molecule has 0 unspecified atom stereocenters. The minimum atomic E-state index is 1.16. The molecule has 54 valence electrons. The average molecular weight is 137 g/mol. The third kappa shape index (κ3) is 2.87. The fraction of sp³-hybridized carbons (Fsp3) is 0.125. The summed E-state index contributed by atoms with van der Waals surface area (Å²) in [4.78, 5) is 8.00. The Morgan fingerprint density at radius 3 is 2.00 bits per heavy atom.